The predicted molar refractivity (Wildman–Crippen MR) is 91.6 cm³/mol. The fourth-order valence-corrected chi connectivity index (χ4v) is 2.70. The molecule has 0 radical (unpaired) electrons. The van der Waals surface area contributed by atoms with Gasteiger partial charge < -0.3 is 0 Å². The van der Waals surface area contributed by atoms with Crippen molar-refractivity contribution in [2.75, 3.05) is 6.54 Å². The Kier molecular flexibility index (Phi) is 5.84. The number of nitrogens with zero attached hydrogens (tertiary/aromatic N) is 2. The van der Waals surface area contributed by atoms with Crippen LogP contribution >= 0.6 is 0 Å². The molecule has 2 atom stereocenters. The number of barbiturate groups is 1. The number of urea groups is 1. The third kappa shape index (κ3) is 3.88. The Hall–Kier alpha value is -2.50. The van der Waals surface area contributed by atoms with Crippen LogP contribution in [-0.4, -0.2) is 35.0 Å². The highest BCUT2D eigenvalue weighted by molar-refractivity contribution is 6.27. The van der Waals surface area contributed by atoms with Gasteiger partial charge in [-0.1, -0.05) is 43.7 Å². The maximum atomic E-state index is 12.6. The summed E-state index contributed by atoms with van der Waals surface area (Å²) in [5.74, 6) is -2.12. The van der Waals surface area contributed by atoms with E-state index in [4.69, 9.17) is 0 Å². The smallest absolute Gasteiger partial charge is 0.285 e. The van der Waals surface area contributed by atoms with Crippen molar-refractivity contribution in [3.63, 3.8) is 0 Å². The maximum Gasteiger partial charge on any atom is 0.330 e. The Bertz CT molecular complexity index is 655. The molecule has 1 aliphatic heterocycles. The van der Waals surface area contributed by atoms with Gasteiger partial charge in [0.25, 0.3) is 0 Å². The molecule has 1 aromatic rings. The van der Waals surface area contributed by atoms with E-state index in [-0.39, 0.29) is 6.04 Å². The molecule has 1 N–H and O–H groups in total. The highest BCUT2D eigenvalue weighted by atomic mass is 16.2. The lowest BCUT2D eigenvalue weighted by atomic mass is 9.98. The van der Waals surface area contributed by atoms with E-state index in [0.29, 0.717) is 18.7 Å². The first-order valence-electron chi connectivity index (χ1n) is 8.21. The van der Waals surface area contributed by atoms with Crippen molar-refractivity contribution < 1.29 is 14.4 Å². The third-order valence-electron chi connectivity index (χ3n) is 4.08. The van der Waals surface area contributed by atoms with E-state index in [1.807, 2.05) is 44.2 Å². The minimum Gasteiger partial charge on any atom is -0.285 e. The highest BCUT2D eigenvalue weighted by Crippen LogP contribution is 2.20. The molecule has 1 aliphatic rings. The van der Waals surface area contributed by atoms with Crippen LogP contribution in [0.2, 0.25) is 0 Å². The lowest BCUT2D eigenvalue weighted by Crippen LogP contribution is -2.59. The fraction of sp³-hybridized carbons (Fsp3) is 0.444. The molecule has 1 aromatic carbocycles. The van der Waals surface area contributed by atoms with Crippen molar-refractivity contribution in [2.24, 2.45) is 10.9 Å². The molecule has 24 heavy (non-hydrogen) atoms. The maximum absolute atomic E-state index is 12.6. The van der Waals surface area contributed by atoms with E-state index in [1.54, 1.807) is 6.92 Å². The summed E-state index contributed by atoms with van der Waals surface area (Å²) < 4.78 is 0. The second-order valence-corrected chi connectivity index (χ2v) is 5.93. The minimum absolute atomic E-state index is 0.173. The number of carbonyl (C=O) groups excluding carboxylic acids is 3. The molecule has 6 nitrogen and oxygen atoms in total. The molecular weight excluding hydrogens is 306 g/mol. The molecule has 1 saturated heterocycles. The molecule has 0 aromatic heterocycles. The van der Waals surface area contributed by atoms with Crippen molar-refractivity contribution in [1.82, 2.24) is 10.2 Å². The van der Waals surface area contributed by atoms with Crippen LogP contribution in [0, 0.1) is 5.92 Å². The van der Waals surface area contributed by atoms with Gasteiger partial charge in [0.2, 0.25) is 11.8 Å². The second kappa shape index (κ2) is 7.86. The van der Waals surface area contributed by atoms with Gasteiger partial charge in [-0.15, -0.1) is 0 Å². The molecule has 0 aliphatic carbocycles. The summed E-state index contributed by atoms with van der Waals surface area (Å²) in [6.07, 6.45) is 1.56. The summed E-state index contributed by atoms with van der Waals surface area (Å²) in [6, 6.07) is 8.83. The summed E-state index contributed by atoms with van der Waals surface area (Å²) >= 11 is 0. The van der Waals surface area contributed by atoms with Gasteiger partial charge in [0, 0.05) is 12.3 Å². The summed E-state index contributed by atoms with van der Waals surface area (Å²) in [4.78, 5) is 42.2. The number of benzene rings is 1. The monoisotopic (exact) mass is 329 g/mol. The number of hydrogen-bond acceptors (Lipinski definition) is 4. The summed E-state index contributed by atoms with van der Waals surface area (Å²) in [6.45, 7) is 5.86. The average molecular weight is 329 g/mol. The number of amides is 4. The predicted octanol–water partition coefficient (Wildman–Crippen LogP) is 2.70. The van der Waals surface area contributed by atoms with E-state index >= 15 is 0 Å². The van der Waals surface area contributed by atoms with Gasteiger partial charge in [0.15, 0.2) is 5.92 Å². The van der Waals surface area contributed by atoms with Crippen molar-refractivity contribution in [3.05, 3.63) is 35.9 Å². The molecule has 0 spiro atoms. The number of carbonyl (C=O) groups is 3. The zero-order valence-corrected chi connectivity index (χ0v) is 14.3. The summed E-state index contributed by atoms with van der Waals surface area (Å²) in [5.41, 5.74) is 1.42. The van der Waals surface area contributed by atoms with Gasteiger partial charge in [-0.3, -0.25) is 24.8 Å². The number of imide groups is 2. The zero-order chi connectivity index (χ0) is 17.7. The van der Waals surface area contributed by atoms with Crippen LogP contribution in [0.1, 0.15) is 45.2 Å². The Morgan fingerprint density at radius 2 is 1.92 bits per heavy atom. The van der Waals surface area contributed by atoms with E-state index in [9.17, 15) is 14.4 Å². The quantitative estimate of drug-likeness (QED) is 0.644. The summed E-state index contributed by atoms with van der Waals surface area (Å²) in [7, 11) is 0. The Balaban J connectivity index is 2.21. The van der Waals surface area contributed by atoms with Gasteiger partial charge >= 0.3 is 6.03 Å². The number of aliphatic imine (C=N–C) groups is 1. The highest BCUT2D eigenvalue weighted by Gasteiger charge is 2.41. The van der Waals surface area contributed by atoms with Crippen LogP contribution in [0.15, 0.2) is 35.3 Å². The Labute approximate surface area is 141 Å². The van der Waals surface area contributed by atoms with Crippen molar-refractivity contribution >= 4 is 23.6 Å². The molecule has 2 rings (SSSR count). The van der Waals surface area contributed by atoms with Crippen LogP contribution in [0.25, 0.3) is 0 Å². The van der Waals surface area contributed by atoms with Gasteiger partial charge in [-0.25, -0.2) is 4.79 Å². The first kappa shape index (κ1) is 17.8. The molecule has 1 heterocycles. The average Bonchev–Trinajstić information content (AvgIpc) is 2.55. The van der Waals surface area contributed by atoms with Crippen LogP contribution in [0.3, 0.4) is 0 Å². The molecule has 6 heteroatoms. The lowest BCUT2D eigenvalue weighted by molar-refractivity contribution is -0.139. The molecule has 0 unspecified atom stereocenters. The van der Waals surface area contributed by atoms with Crippen LogP contribution in [0.4, 0.5) is 4.79 Å². The Morgan fingerprint density at radius 1 is 1.25 bits per heavy atom. The summed E-state index contributed by atoms with van der Waals surface area (Å²) in [5, 5.41) is 2.26. The van der Waals surface area contributed by atoms with E-state index < -0.39 is 23.8 Å². The van der Waals surface area contributed by atoms with Crippen molar-refractivity contribution in [3.8, 4) is 0 Å². The van der Waals surface area contributed by atoms with Crippen LogP contribution in [0.5, 0.6) is 0 Å². The first-order valence-corrected chi connectivity index (χ1v) is 8.21. The van der Waals surface area contributed by atoms with E-state index in [2.05, 4.69) is 10.3 Å². The SMILES string of the molecule is CCCCN1C(=O)NC(=O)[C@H](C(C)=N[C@H](C)c2ccccc2)C1=O. The molecule has 4 amide bonds. The van der Waals surface area contributed by atoms with Crippen molar-refractivity contribution in [1.29, 1.82) is 0 Å². The number of hydrogen-bond donors (Lipinski definition) is 1. The minimum atomic E-state index is -1.04. The fourth-order valence-electron chi connectivity index (χ4n) is 2.70. The topological polar surface area (TPSA) is 78.8 Å². The third-order valence-corrected chi connectivity index (χ3v) is 4.08. The van der Waals surface area contributed by atoms with Crippen molar-refractivity contribution in [2.45, 2.75) is 39.7 Å². The van der Waals surface area contributed by atoms with E-state index in [0.717, 1.165) is 16.9 Å². The van der Waals surface area contributed by atoms with Gasteiger partial charge in [-0.2, -0.15) is 0 Å². The largest absolute Gasteiger partial charge is 0.330 e. The Morgan fingerprint density at radius 3 is 2.54 bits per heavy atom. The molecule has 0 saturated carbocycles. The standard InChI is InChI=1S/C18H23N3O3/c1-4-5-11-21-17(23)15(16(22)20-18(21)24)13(3)19-12(2)14-9-7-6-8-10-14/h6-10,12,15H,4-5,11H2,1-3H3,(H,20,22,24)/t12-,15+/m1/s1. The normalized spacial score (nSPS) is 20.1. The van der Waals surface area contributed by atoms with Crippen LogP contribution in [-0.2, 0) is 9.59 Å². The van der Waals surface area contributed by atoms with Crippen LogP contribution < -0.4 is 5.32 Å². The first-order chi connectivity index (χ1) is 11.5. The number of rotatable bonds is 6. The number of unbranched alkanes of at least 4 members (excludes halogenated alkanes) is 1. The van der Waals surface area contributed by atoms with Gasteiger partial charge in [0.05, 0.1) is 6.04 Å². The number of nitrogens with one attached hydrogen (secondary N) is 1. The lowest BCUT2D eigenvalue weighted by Gasteiger charge is -2.30. The van der Waals surface area contributed by atoms with Gasteiger partial charge in [0.1, 0.15) is 0 Å². The zero-order valence-electron chi connectivity index (χ0n) is 14.3. The molecular formula is C18H23N3O3. The molecule has 128 valence electrons. The van der Waals surface area contributed by atoms with E-state index in [1.165, 1.54) is 0 Å². The van der Waals surface area contributed by atoms with Gasteiger partial charge in [-0.05, 0) is 25.8 Å². The molecule has 0 bridgehead atoms. The second-order valence-electron chi connectivity index (χ2n) is 5.93. The molecule has 1 fully saturated rings.